The summed E-state index contributed by atoms with van der Waals surface area (Å²) in [5.74, 6) is 0.842. The molecule has 1 fully saturated rings. The second kappa shape index (κ2) is 5.27. The number of piperidine rings is 1. The first-order valence-corrected chi connectivity index (χ1v) is 6.88. The lowest BCUT2D eigenvalue weighted by Crippen LogP contribution is -2.37. The van der Waals surface area contributed by atoms with Gasteiger partial charge in [0, 0.05) is 12.7 Å². The highest BCUT2D eigenvalue weighted by molar-refractivity contribution is 5.41. The number of hydrogen-bond acceptors (Lipinski definition) is 3. The topological polar surface area (TPSA) is 42.2 Å². The molecule has 3 nitrogen and oxygen atoms in total. The van der Waals surface area contributed by atoms with Crippen molar-refractivity contribution in [2.45, 2.75) is 40.2 Å². The van der Waals surface area contributed by atoms with E-state index >= 15 is 0 Å². The SMILES string of the molecule is CC(C)(C)C1CCN(Cc2ncccc2N)CC1. The molecule has 0 saturated carbocycles. The van der Waals surface area contributed by atoms with E-state index in [0.717, 1.165) is 36.9 Å². The summed E-state index contributed by atoms with van der Waals surface area (Å²) in [4.78, 5) is 6.85. The minimum absolute atomic E-state index is 0.441. The molecule has 2 N–H and O–H groups in total. The molecule has 2 rings (SSSR count). The highest BCUT2D eigenvalue weighted by Gasteiger charge is 2.28. The van der Waals surface area contributed by atoms with E-state index in [1.165, 1.54) is 12.8 Å². The van der Waals surface area contributed by atoms with E-state index in [0.29, 0.717) is 5.41 Å². The third kappa shape index (κ3) is 3.22. The molecule has 0 unspecified atom stereocenters. The molecule has 0 radical (unpaired) electrons. The molecular formula is C15H25N3. The number of hydrogen-bond donors (Lipinski definition) is 1. The van der Waals surface area contributed by atoms with Crippen LogP contribution in [-0.4, -0.2) is 23.0 Å². The Labute approximate surface area is 110 Å². The average Bonchev–Trinajstić information content (AvgIpc) is 2.32. The quantitative estimate of drug-likeness (QED) is 0.873. The first-order chi connectivity index (χ1) is 8.47. The molecule has 3 heteroatoms. The third-order valence-corrected chi connectivity index (χ3v) is 4.11. The van der Waals surface area contributed by atoms with Gasteiger partial charge in [-0.2, -0.15) is 0 Å². The average molecular weight is 247 g/mol. The third-order valence-electron chi connectivity index (χ3n) is 4.11. The van der Waals surface area contributed by atoms with E-state index in [2.05, 4.69) is 30.7 Å². The molecule has 1 aromatic rings. The second-order valence-corrected chi connectivity index (χ2v) is 6.46. The number of anilines is 1. The molecule has 0 amide bonds. The van der Waals surface area contributed by atoms with Crippen LogP contribution in [-0.2, 0) is 6.54 Å². The molecule has 0 aromatic carbocycles. The van der Waals surface area contributed by atoms with Crippen molar-refractivity contribution in [3.8, 4) is 0 Å². The smallest absolute Gasteiger partial charge is 0.0772 e. The molecule has 1 saturated heterocycles. The molecule has 0 aliphatic carbocycles. The van der Waals surface area contributed by atoms with Gasteiger partial charge in [0.2, 0.25) is 0 Å². The Morgan fingerprint density at radius 3 is 2.56 bits per heavy atom. The zero-order valence-corrected chi connectivity index (χ0v) is 11.8. The maximum absolute atomic E-state index is 5.95. The number of nitrogens with two attached hydrogens (primary N) is 1. The molecule has 2 heterocycles. The summed E-state index contributed by atoms with van der Waals surface area (Å²) in [5.41, 5.74) is 8.22. The van der Waals surface area contributed by atoms with Gasteiger partial charge in [0.25, 0.3) is 0 Å². The zero-order valence-electron chi connectivity index (χ0n) is 11.8. The van der Waals surface area contributed by atoms with Gasteiger partial charge in [0.15, 0.2) is 0 Å². The largest absolute Gasteiger partial charge is 0.397 e. The van der Waals surface area contributed by atoms with Gasteiger partial charge in [-0.3, -0.25) is 9.88 Å². The van der Waals surface area contributed by atoms with Crippen LogP contribution in [0.3, 0.4) is 0 Å². The van der Waals surface area contributed by atoms with Crippen molar-refractivity contribution >= 4 is 5.69 Å². The van der Waals surface area contributed by atoms with Crippen LogP contribution in [0.15, 0.2) is 18.3 Å². The Balaban J connectivity index is 1.90. The molecule has 0 bridgehead atoms. The summed E-state index contributed by atoms with van der Waals surface area (Å²) in [6.07, 6.45) is 4.40. The monoisotopic (exact) mass is 247 g/mol. The molecule has 1 aliphatic rings. The number of nitrogen functional groups attached to an aromatic ring is 1. The van der Waals surface area contributed by atoms with E-state index < -0.39 is 0 Å². The van der Waals surface area contributed by atoms with Crippen molar-refractivity contribution in [3.05, 3.63) is 24.0 Å². The lowest BCUT2D eigenvalue weighted by Gasteiger charge is -2.38. The first-order valence-electron chi connectivity index (χ1n) is 6.88. The van der Waals surface area contributed by atoms with Crippen LogP contribution in [0.25, 0.3) is 0 Å². The fourth-order valence-electron chi connectivity index (χ4n) is 2.75. The van der Waals surface area contributed by atoms with Gasteiger partial charge < -0.3 is 5.73 Å². The van der Waals surface area contributed by atoms with Crippen molar-refractivity contribution in [2.24, 2.45) is 11.3 Å². The minimum Gasteiger partial charge on any atom is -0.397 e. The number of aromatic nitrogens is 1. The molecule has 18 heavy (non-hydrogen) atoms. The molecule has 1 aliphatic heterocycles. The van der Waals surface area contributed by atoms with Crippen molar-refractivity contribution in [2.75, 3.05) is 18.8 Å². The molecule has 0 atom stereocenters. The molecular weight excluding hydrogens is 222 g/mol. The fourth-order valence-corrected chi connectivity index (χ4v) is 2.75. The van der Waals surface area contributed by atoms with Crippen LogP contribution in [0.1, 0.15) is 39.3 Å². The predicted molar refractivity (Wildman–Crippen MR) is 76.1 cm³/mol. The number of nitrogens with zero attached hydrogens (tertiary/aromatic N) is 2. The van der Waals surface area contributed by atoms with E-state index in [-0.39, 0.29) is 0 Å². The van der Waals surface area contributed by atoms with E-state index in [9.17, 15) is 0 Å². The predicted octanol–water partition coefficient (Wildman–Crippen LogP) is 2.92. The van der Waals surface area contributed by atoms with Crippen LogP contribution in [0.5, 0.6) is 0 Å². The summed E-state index contributed by atoms with van der Waals surface area (Å²) >= 11 is 0. The Morgan fingerprint density at radius 1 is 1.33 bits per heavy atom. The second-order valence-electron chi connectivity index (χ2n) is 6.46. The van der Waals surface area contributed by atoms with E-state index in [1.807, 2.05) is 18.3 Å². The standard InChI is InChI=1S/C15H25N3/c1-15(2,3)12-6-9-18(10-7-12)11-14-13(16)5-4-8-17-14/h4-5,8,12H,6-7,9-11,16H2,1-3H3. The van der Waals surface area contributed by atoms with Crippen LogP contribution < -0.4 is 5.73 Å². The van der Waals surface area contributed by atoms with Gasteiger partial charge in [-0.1, -0.05) is 20.8 Å². The van der Waals surface area contributed by atoms with Crippen molar-refractivity contribution in [1.29, 1.82) is 0 Å². The van der Waals surface area contributed by atoms with Gasteiger partial charge in [-0.15, -0.1) is 0 Å². The fraction of sp³-hybridized carbons (Fsp3) is 0.667. The van der Waals surface area contributed by atoms with Crippen LogP contribution in [0.2, 0.25) is 0 Å². The summed E-state index contributed by atoms with van der Waals surface area (Å²) in [5, 5.41) is 0. The van der Waals surface area contributed by atoms with Crippen LogP contribution >= 0.6 is 0 Å². The lowest BCUT2D eigenvalue weighted by atomic mass is 9.75. The van der Waals surface area contributed by atoms with Gasteiger partial charge in [-0.05, 0) is 49.4 Å². The molecule has 1 aromatic heterocycles. The van der Waals surface area contributed by atoms with Crippen molar-refractivity contribution in [1.82, 2.24) is 9.88 Å². The number of likely N-dealkylation sites (tertiary alicyclic amines) is 1. The summed E-state index contributed by atoms with van der Waals surface area (Å²) < 4.78 is 0. The molecule has 0 spiro atoms. The highest BCUT2D eigenvalue weighted by atomic mass is 15.1. The Morgan fingerprint density at radius 2 is 2.00 bits per heavy atom. The highest BCUT2D eigenvalue weighted by Crippen LogP contribution is 2.34. The van der Waals surface area contributed by atoms with Crippen LogP contribution in [0.4, 0.5) is 5.69 Å². The first kappa shape index (κ1) is 13.3. The normalized spacial score (nSPS) is 19.1. The minimum atomic E-state index is 0.441. The van der Waals surface area contributed by atoms with Crippen molar-refractivity contribution in [3.63, 3.8) is 0 Å². The van der Waals surface area contributed by atoms with Gasteiger partial charge in [0.1, 0.15) is 0 Å². The maximum atomic E-state index is 5.95. The van der Waals surface area contributed by atoms with Crippen LogP contribution in [0, 0.1) is 11.3 Å². The molecule has 100 valence electrons. The Bertz CT molecular complexity index is 387. The van der Waals surface area contributed by atoms with Gasteiger partial charge in [0.05, 0.1) is 11.4 Å². The summed E-state index contributed by atoms with van der Waals surface area (Å²) in [6.45, 7) is 10.3. The zero-order chi connectivity index (χ0) is 13.2. The van der Waals surface area contributed by atoms with E-state index in [4.69, 9.17) is 5.73 Å². The number of rotatable bonds is 2. The Hall–Kier alpha value is -1.09. The van der Waals surface area contributed by atoms with Crippen molar-refractivity contribution < 1.29 is 0 Å². The Kier molecular flexibility index (Phi) is 3.91. The lowest BCUT2D eigenvalue weighted by molar-refractivity contribution is 0.107. The van der Waals surface area contributed by atoms with Gasteiger partial charge >= 0.3 is 0 Å². The van der Waals surface area contributed by atoms with E-state index in [1.54, 1.807) is 0 Å². The maximum Gasteiger partial charge on any atom is 0.0772 e. The summed E-state index contributed by atoms with van der Waals surface area (Å²) in [7, 11) is 0. The number of pyridine rings is 1. The summed E-state index contributed by atoms with van der Waals surface area (Å²) in [6, 6.07) is 3.83. The van der Waals surface area contributed by atoms with Gasteiger partial charge in [-0.25, -0.2) is 0 Å².